The molecule has 1 aromatic carbocycles. The highest BCUT2D eigenvalue weighted by Crippen LogP contribution is 2.35. The fraction of sp³-hybridized carbons (Fsp3) is 0.444. The second-order valence-electron chi connectivity index (χ2n) is 9.30. The molecule has 1 fully saturated rings. The van der Waals surface area contributed by atoms with Gasteiger partial charge < -0.3 is 19.3 Å². The van der Waals surface area contributed by atoms with Gasteiger partial charge in [-0.1, -0.05) is 6.07 Å². The largest absolute Gasteiger partial charge is 0.478 e. The van der Waals surface area contributed by atoms with Crippen molar-refractivity contribution in [2.75, 3.05) is 13.2 Å². The van der Waals surface area contributed by atoms with E-state index in [1.807, 2.05) is 30.8 Å². The van der Waals surface area contributed by atoms with Crippen molar-refractivity contribution in [2.24, 2.45) is 14.1 Å². The second-order valence-corrected chi connectivity index (χ2v) is 9.30. The Bertz CT molecular complexity index is 1420. The van der Waals surface area contributed by atoms with Crippen LogP contribution in [0.4, 0.5) is 0 Å². The van der Waals surface area contributed by atoms with Crippen LogP contribution in [-0.2, 0) is 25.4 Å². The summed E-state index contributed by atoms with van der Waals surface area (Å²) in [7, 11) is 3.64. The van der Waals surface area contributed by atoms with Crippen LogP contribution in [0.3, 0.4) is 0 Å². The molecule has 5 rings (SSSR count). The zero-order valence-corrected chi connectivity index (χ0v) is 21.4. The molecular weight excluding hydrogens is 472 g/mol. The predicted molar refractivity (Wildman–Crippen MR) is 138 cm³/mol. The quantitative estimate of drug-likeness (QED) is 0.348. The third-order valence-electron chi connectivity index (χ3n) is 6.60. The molecule has 3 aromatic heterocycles. The molecule has 10 heteroatoms. The summed E-state index contributed by atoms with van der Waals surface area (Å²) >= 11 is 0. The molecule has 1 aliphatic rings. The molecule has 4 heterocycles. The normalized spacial score (nSPS) is 16.6. The fourth-order valence-electron chi connectivity index (χ4n) is 4.61. The van der Waals surface area contributed by atoms with Gasteiger partial charge in [-0.3, -0.25) is 0 Å². The Morgan fingerprint density at radius 3 is 2.81 bits per heavy atom. The third-order valence-corrected chi connectivity index (χ3v) is 6.60. The van der Waals surface area contributed by atoms with Gasteiger partial charge >= 0.3 is 0 Å². The average molecular weight is 505 g/mol. The van der Waals surface area contributed by atoms with Crippen LogP contribution in [0.15, 0.2) is 30.5 Å². The van der Waals surface area contributed by atoms with Crippen LogP contribution in [0.1, 0.15) is 50.2 Å². The Kier molecular flexibility index (Phi) is 7.17. The highest BCUT2D eigenvalue weighted by Gasteiger charge is 2.22. The molecule has 0 radical (unpaired) electrons. The van der Waals surface area contributed by atoms with E-state index in [0.717, 1.165) is 47.9 Å². The lowest BCUT2D eigenvalue weighted by Gasteiger charge is -2.23. The number of aryl methyl sites for hydroxylation is 2. The van der Waals surface area contributed by atoms with Crippen molar-refractivity contribution in [3.63, 3.8) is 0 Å². The van der Waals surface area contributed by atoms with Crippen LogP contribution in [0, 0.1) is 12.3 Å². The Balaban J connectivity index is 1.33. The number of aromatic nitrogens is 6. The Labute approximate surface area is 215 Å². The van der Waals surface area contributed by atoms with Gasteiger partial charge in [0.25, 0.3) is 0 Å². The van der Waals surface area contributed by atoms with Crippen LogP contribution in [-0.4, -0.2) is 53.8 Å². The number of rotatable bonds is 9. The first kappa shape index (κ1) is 24.9. The van der Waals surface area contributed by atoms with Gasteiger partial charge in [-0.05, 0) is 49.8 Å². The van der Waals surface area contributed by atoms with Gasteiger partial charge in [-0.15, -0.1) is 6.42 Å². The van der Waals surface area contributed by atoms with E-state index in [0.29, 0.717) is 36.2 Å². The van der Waals surface area contributed by atoms with Gasteiger partial charge in [0.1, 0.15) is 11.8 Å². The van der Waals surface area contributed by atoms with Crippen molar-refractivity contribution in [1.29, 1.82) is 0 Å². The summed E-state index contributed by atoms with van der Waals surface area (Å²) in [5.74, 6) is 4.01. The van der Waals surface area contributed by atoms with E-state index in [2.05, 4.69) is 27.3 Å². The number of ether oxygens (including phenoxy) is 3. The summed E-state index contributed by atoms with van der Waals surface area (Å²) < 4.78 is 23.4. The summed E-state index contributed by atoms with van der Waals surface area (Å²) in [4.78, 5) is 0. The Morgan fingerprint density at radius 2 is 2.08 bits per heavy atom. The molecule has 2 unspecified atom stereocenters. The first-order valence-electron chi connectivity index (χ1n) is 12.5. The molecule has 0 saturated carbocycles. The van der Waals surface area contributed by atoms with E-state index in [1.165, 1.54) is 0 Å². The second kappa shape index (κ2) is 10.7. The average Bonchev–Trinajstić information content (AvgIpc) is 3.59. The molecule has 2 atom stereocenters. The molecule has 0 spiro atoms. The van der Waals surface area contributed by atoms with Gasteiger partial charge in [0.15, 0.2) is 6.23 Å². The molecule has 1 aliphatic heterocycles. The first-order chi connectivity index (χ1) is 18.0. The minimum atomic E-state index is -0.129. The molecule has 37 heavy (non-hydrogen) atoms. The van der Waals surface area contributed by atoms with Gasteiger partial charge in [0, 0.05) is 38.6 Å². The number of hydrogen-bond acceptors (Lipinski definition) is 7. The summed E-state index contributed by atoms with van der Waals surface area (Å²) in [5, 5.41) is 23.5. The van der Waals surface area contributed by atoms with Gasteiger partial charge in [-0.25, -0.2) is 14.0 Å². The van der Waals surface area contributed by atoms with Crippen molar-refractivity contribution in [3.8, 4) is 35.2 Å². The molecule has 194 valence electrons. The number of terminal acetylenes is 1. The number of nitrogens with zero attached hydrogens (tertiary/aromatic N) is 6. The highest BCUT2D eigenvalue weighted by atomic mass is 16.5. The maximum atomic E-state index is 9.25. The lowest BCUT2D eigenvalue weighted by atomic mass is 10.1. The Morgan fingerprint density at radius 1 is 1.22 bits per heavy atom. The molecular formula is C27H32N6O4. The summed E-state index contributed by atoms with van der Waals surface area (Å²) in [6, 6.07) is 7.87. The lowest BCUT2D eigenvalue weighted by Crippen LogP contribution is -2.19. The number of benzene rings is 1. The van der Waals surface area contributed by atoms with Crippen LogP contribution in [0.5, 0.6) is 11.8 Å². The lowest BCUT2D eigenvalue weighted by molar-refractivity contribution is -0.0367. The van der Waals surface area contributed by atoms with E-state index in [4.69, 9.17) is 20.6 Å². The van der Waals surface area contributed by atoms with Crippen LogP contribution in [0.2, 0.25) is 0 Å². The van der Waals surface area contributed by atoms with Gasteiger partial charge in [-0.2, -0.15) is 15.3 Å². The number of aliphatic hydroxyl groups is 1. The number of fused-ring (bicyclic) bond motifs is 1. The standard InChI is InChI=1S/C27H32N6O4/c1-5-23-21-14-19(9-10-24(21)33(30-23)25-8-6-7-12-35-25)22-16-28-32(4)27(22)37-18(2)11-13-36-26-15-20(17-34)29-31(26)3/h1,9-10,14-16,18,25,34H,6-8,11-13,17H2,2-4H3. The molecule has 0 amide bonds. The molecule has 1 N–H and O–H groups in total. The van der Waals surface area contributed by atoms with Crippen LogP contribution >= 0.6 is 0 Å². The van der Waals surface area contributed by atoms with E-state index >= 15 is 0 Å². The molecule has 1 saturated heterocycles. The minimum Gasteiger partial charge on any atom is -0.478 e. The zero-order valence-electron chi connectivity index (χ0n) is 21.4. The first-order valence-corrected chi connectivity index (χ1v) is 12.5. The van der Waals surface area contributed by atoms with E-state index in [9.17, 15) is 5.11 Å². The molecule has 0 bridgehead atoms. The maximum absolute atomic E-state index is 9.25. The fourth-order valence-corrected chi connectivity index (χ4v) is 4.61. The molecule has 10 nitrogen and oxygen atoms in total. The molecule has 0 aliphatic carbocycles. The van der Waals surface area contributed by atoms with Crippen molar-refractivity contribution in [2.45, 2.75) is 51.5 Å². The smallest absolute Gasteiger partial charge is 0.219 e. The Hall–Kier alpha value is -3.81. The monoisotopic (exact) mass is 504 g/mol. The van der Waals surface area contributed by atoms with E-state index in [-0.39, 0.29) is 18.9 Å². The van der Waals surface area contributed by atoms with Crippen molar-refractivity contribution in [3.05, 3.63) is 41.9 Å². The van der Waals surface area contributed by atoms with Crippen molar-refractivity contribution < 1.29 is 19.3 Å². The zero-order chi connectivity index (χ0) is 25.9. The maximum Gasteiger partial charge on any atom is 0.219 e. The summed E-state index contributed by atoms with van der Waals surface area (Å²) in [5.41, 5.74) is 3.96. The van der Waals surface area contributed by atoms with E-state index in [1.54, 1.807) is 28.7 Å². The minimum absolute atomic E-state index is 0.0915. The van der Waals surface area contributed by atoms with Crippen molar-refractivity contribution >= 4 is 10.9 Å². The number of hydrogen-bond donors (Lipinski definition) is 1. The van der Waals surface area contributed by atoms with E-state index < -0.39 is 0 Å². The van der Waals surface area contributed by atoms with Crippen molar-refractivity contribution in [1.82, 2.24) is 29.3 Å². The molecule has 4 aromatic rings. The topological polar surface area (TPSA) is 101 Å². The number of aliphatic hydroxyl groups excluding tert-OH is 1. The van der Waals surface area contributed by atoms with Gasteiger partial charge in [0.2, 0.25) is 11.8 Å². The van der Waals surface area contributed by atoms with Crippen LogP contribution in [0.25, 0.3) is 22.0 Å². The summed E-state index contributed by atoms with van der Waals surface area (Å²) in [6.45, 7) is 3.06. The highest BCUT2D eigenvalue weighted by molar-refractivity contribution is 5.89. The predicted octanol–water partition coefficient (Wildman–Crippen LogP) is 3.58. The summed E-state index contributed by atoms with van der Waals surface area (Å²) in [6.07, 6.45) is 11.2. The SMILES string of the molecule is C#Cc1nn(C2CCCCO2)c2ccc(-c3cnn(C)c3OC(C)CCOc3cc(CO)nn3C)cc12. The van der Waals surface area contributed by atoms with Gasteiger partial charge in [0.05, 0.1) is 36.2 Å². The van der Waals surface area contributed by atoms with Crippen LogP contribution < -0.4 is 9.47 Å². The third kappa shape index (κ3) is 5.05.